The van der Waals surface area contributed by atoms with Crippen molar-refractivity contribution in [1.82, 2.24) is 20.2 Å². The van der Waals surface area contributed by atoms with Crippen LogP contribution in [0.1, 0.15) is 18.4 Å². The smallest absolute Gasteiger partial charge is 0.183 e. The Morgan fingerprint density at radius 3 is 3.14 bits per heavy atom. The van der Waals surface area contributed by atoms with Crippen molar-refractivity contribution >= 4 is 16.5 Å². The van der Waals surface area contributed by atoms with Gasteiger partial charge in [0, 0.05) is 5.38 Å². The van der Waals surface area contributed by atoms with Crippen molar-refractivity contribution < 1.29 is 0 Å². The van der Waals surface area contributed by atoms with Gasteiger partial charge in [-0.1, -0.05) is 6.92 Å². The Bertz CT molecular complexity index is 380. The molecule has 0 aromatic carbocycles. The Balaban J connectivity index is 1.92. The Kier molecular flexibility index (Phi) is 2.73. The molecule has 6 heteroatoms. The number of aryl methyl sites for hydroxylation is 1. The van der Waals surface area contributed by atoms with Gasteiger partial charge in [-0.25, -0.2) is 9.97 Å². The summed E-state index contributed by atoms with van der Waals surface area (Å²) >= 11 is 1.61. The molecule has 2 aromatic rings. The van der Waals surface area contributed by atoms with Gasteiger partial charge in [0.15, 0.2) is 5.13 Å². The first-order chi connectivity index (χ1) is 6.88. The fraction of sp³-hybridized carbons (Fsp3) is 0.375. The van der Waals surface area contributed by atoms with Crippen molar-refractivity contribution in [3.63, 3.8) is 0 Å². The predicted octanol–water partition coefficient (Wildman–Crippen LogP) is 1.44. The number of hydrogen-bond donors (Lipinski definition) is 2. The lowest BCUT2D eigenvalue weighted by atomic mass is 10.4. The summed E-state index contributed by atoms with van der Waals surface area (Å²) in [6, 6.07) is 0. The Morgan fingerprint density at radius 2 is 2.50 bits per heavy atom. The van der Waals surface area contributed by atoms with Crippen LogP contribution in [0, 0.1) is 0 Å². The Morgan fingerprint density at radius 1 is 1.57 bits per heavy atom. The standard InChI is InChI=1S/C8H11N5S/c1-2-6-4-14-8(12-6)9-3-7-10-5-11-13-7/h4-5H,2-3H2,1H3,(H,9,12)(H,10,11,13). The summed E-state index contributed by atoms with van der Waals surface area (Å²) in [6.07, 6.45) is 2.47. The molecule has 0 saturated carbocycles. The van der Waals surface area contributed by atoms with E-state index in [9.17, 15) is 0 Å². The minimum Gasteiger partial charge on any atom is -0.354 e. The van der Waals surface area contributed by atoms with Crippen molar-refractivity contribution in [2.75, 3.05) is 5.32 Å². The van der Waals surface area contributed by atoms with Crippen LogP contribution in [-0.4, -0.2) is 20.2 Å². The summed E-state index contributed by atoms with van der Waals surface area (Å²) in [6.45, 7) is 2.73. The van der Waals surface area contributed by atoms with Crippen LogP contribution in [0.15, 0.2) is 11.7 Å². The third-order valence-corrected chi connectivity index (χ3v) is 2.63. The first kappa shape index (κ1) is 9.14. The van der Waals surface area contributed by atoms with Gasteiger partial charge < -0.3 is 5.32 Å². The Labute approximate surface area is 85.6 Å². The maximum Gasteiger partial charge on any atom is 0.183 e. The van der Waals surface area contributed by atoms with Crippen molar-refractivity contribution in [3.8, 4) is 0 Å². The summed E-state index contributed by atoms with van der Waals surface area (Å²) in [5.74, 6) is 0.818. The van der Waals surface area contributed by atoms with Crippen molar-refractivity contribution in [3.05, 3.63) is 23.2 Å². The average molecular weight is 209 g/mol. The van der Waals surface area contributed by atoms with Crippen LogP contribution in [0.25, 0.3) is 0 Å². The van der Waals surface area contributed by atoms with Crippen LogP contribution in [-0.2, 0) is 13.0 Å². The van der Waals surface area contributed by atoms with Gasteiger partial charge in [-0.2, -0.15) is 5.10 Å². The lowest BCUT2D eigenvalue weighted by molar-refractivity contribution is 0.948. The molecule has 0 aliphatic heterocycles. The van der Waals surface area contributed by atoms with Gasteiger partial charge in [-0.3, -0.25) is 5.10 Å². The minimum atomic E-state index is 0.636. The molecule has 0 saturated heterocycles. The SMILES string of the molecule is CCc1csc(NCc2ncn[nH]2)n1. The van der Waals surface area contributed by atoms with Crippen LogP contribution in [0.4, 0.5) is 5.13 Å². The maximum absolute atomic E-state index is 4.37. The normalized spacial score (nSPS) is 10.4. The highest BCUT2D eigenvalue weighted by atomic mass is 32.1. The topological polar surface area (TPSA) is 66.5 Å². The van der Waals surface area contributed by atoms with Gasteiger partial charge >= 0.3 is 0 Å². The van der Waals surface area contributed by atoms with Gasteiger partial charge in [0.1, 0.15) is 12.2 Å². The molecular weight excluding hydrogens is 198 g/mol. The molecule has 0 aliphatic carbocycles. The zero-order chi connectivity index (χ0) is 9.80. The van der Waals surface area contributed by atoms with Gasteiger partial charge in [0.05, 0.1) is 12.2 Å². The molecule has 0 fully saturated rings. The summed E-state index contributed by atoms with van der Waals surface area (Å²) in [5, 5.41) is 12.7. The molecule has 0 radical (unpaired) electrons. The molecule has 2 aromatic heterocycles. The van der Waals surface area contributed by atoms with Gasteiger partial charge in [-0.15, -0.1) is 11.3 Å². The van der Waals surface area contributed by atoms with Crippen molar-refractivity contribution in [1.29, 1.82) is 0 Å². The van der Waals surface area contributed by atoms with E-state index in [1.807, 2.05) is 0 Å². The largest absolute Gasteiger partial charge is 0.354 e. The highest BCUT2D eigenvalue weighted by Crippen LogP contribution is 2.15. The molecule has 0 spiro atoms. The van der Waals surface area contributed by atoms with E-state index < -0.39 is 0 Å². The molecule has 2 rings (SSSR count). The van der Waals surface area contributed by atoms with E-state index in [1.165, 1.54) is 6.33 Å². The fourth-order valence-electron chi connectivity index (χ4n) is 1.03. The zero-order valence-corrected chi connectivity index (χ0v) is 8.64. The van der Waals surface area contributed by atoms with E-state index >= 15 is 0 Å². The third kappa shape index (κ3) is 2.08. The quantitative estimate of drug-likeness (QED) is 0.799. The average Bonchev–Trinajstić information content (AvgIpc) is 2.86. The lowest BCUT2D eigenvalue weighted by Gasteiger charge is -1.97. The fourth-order valence-corrected chi connectivity index (χ4v) is 1.82. The van der Waals surface area contributed by atoms with E-state index in [2.05, 4.69) is 37.8 Å². The summed E-state index contributed by atoms with van der Waals surface area (Å²) in [4.78, 5) is 8.38. The number of H-pyrrole nitrogens is 1. The number of anilines is 1. The molecule has 0 bridgehead atoms. The number of hydrogen-bond acceptors (Lipinski definition) is 5. The van der Waals surface area contributed by atoms with Gasteiger partial charge in [-0.05, 0) is 6.42 Å². The molecule has 0 aliphatic rings. The van der Waals surface area contributed by atoms with Gasteiger partial charge in [0.2, 0.25) is 0 Å². The zero-order valence-electron chi connectivity index (χ0n) is 7.82. The molecule has 5 nitrogen and oxygen atoms in total. The number of nitrogens with one attached hydrogen (secondary N) is 2. The van der Waals surface area contributed by atoms with E-state index in [4.69, 9.17) is 0 Å². The third-order valence-electron chi connectivity index (χ3n) is 1.79. The van der Waals surface area contributed by atoms with E-state index in [1.54, 1.807) is 11.3 Å². The van der Waals surface area contributed by atoms with Crippen molar-refractivity contribution in [2.24, 2.45) is 0 Å². The molecule has 0 amide bonds. The monoisotopic (exact) mass is 209 g/mol. The van der Waals surface area contributed by atoms with Crippen LogP contribution < -0.4 is 5.32 Å². The minimum absolute atomic E-state index is 0.636. The number of aromatic nitrogens is 4. The first-order valence-corrected chi connectivity index (χ1v) is 5.29. The summed E-state index contributed by atoms with van der Waals surface area (Å²) < 4.78 is 0. The highest BCUT2D eigenvalue weighted by molar-refractivity contribution is 7.13. The van der Waals surface area contributed by atoms with Crippen LogP contribution in [0.5, 0.6) is 0 Å². The molecular formula is C8H11N5S. The lowest BCUT2D eigenvalue weighted by Crippen LogP contribution is -2.00. The summed E-state index contributed by atoms with van der Waals surface area (Å²) in [5.41, 5.74) is 1.12. The molecule has 14 heavy (non-hydrogen) atoms. The highest BCUT2D eigenvalue weighted by Gasteiger charge is 2.00. The van der Waals surface area contributed by atoms with E-state index in [-0.39, 0.29) is 0 Å². The maximum atomic E-state index is 4.37. The summed E-state index contributed by atoms with van der Waals surface area (Å²) in [7, 11) is 0. The van der Waals surface area contributed by atoms with Crippen molar-refractivity contribution in [2.45, 2.75) is 19.9 Å². The van der Waals surface area contributed by atoms with Crippen LogP contribution in [0.2, 0.25) is 0 Å². The van der Waals surface area contributed by atoms with Crippen LogP contribution >= 0.6 is 11.3 Å². The number of rotatable bonds is 4. The Hall–Kier alpha value is -1.43. The number of aromatic amines is 1. The second-order valence-electron chi connectivity index (χ2n) is 2.78. The van der Waals surface area contributed by atoms with E-state index in [0.29, 0.717) is 6.54 Å². The second kappa shape index (κ2) is 4.19. The molecule has 74 valence electrons. The number of nitrogens with zero attached hydrogens (tertiary/aromatic N) is 3. The molecule has 2 heterocycles. The molecule has 0 atom stereocenters. The second-order valence-corrected chi connectivity index (χ2v) is 3.64. The van der Waals surface area contributed by atoms with Gasteiger partial charge in [0.25, 0.3) is 0 Å². The number of thiazole rings is 1. The molecule has 2 N–H and O–H groups in total. The van der Waals surface area contributed by atoms with E-state index in [0.717, 1.165) is 23.1 Å². The molecule has 0 unspecified atom stereocenters. The predicted molar refractivity (Wildman–Crippen MR) is 55.2 cm³/mol. The van der Waals surface area contributed by atoms with Crippen LogP contribution in [0.3, 0.4) is 0 Å². The first-order valence-electron chi connectivity index (χ1n) is 4.41.